The minimum absolute atomic E-state index is 0.160. The van der Waals surface area contributed by atoms with E-state index in [0.717, 1.165) is 5.56 Å². The molecule has 1 unspecified atom stereocenters. The molecule has 1 amide bonds. The molecule has 1 aliphatic rings. The molecule has 0 aliphatic carbocycles. The van der Waals surface area contributed by atoms with Gasteiger partial charge in [-0.15, -0.1) is 0 Å². The summed E-state index contributed by atoms with van der Waals surface area (Å²) >= 11 is 0. The Morgan fingerprint density at radius 3 is 2.31 bits per heavy atom. The average Bonchev–Trinajstić information content (AvgIpc) is 2.64. The molecule has 1 heterocycles. The van der Waals surface area contributed by atoms with E-state index in [2.05, 4.69) is 5.32 Å². The molecule has 1 N–H and O–H groups in total. The first-order chi connectivity index (χ1) is 12.3. The van der Waals surface area contributed by atoms with Crippen LogP contribution in [0.5, 0.6) is 17.2 Å². The van der Waals surface area contributed by atoms with Crippen LogP contribution >= 0.6 is 0 Å². The van der Waals surface area contributed by atoms with Crippen LogP contribution in [0.3, 0.4) is 0 Å². The first-order valence-corrected chi connectivity index (χ1v) is 10.2. The molecule has 8 nitrogen and oxygen atoms in total. The lowest BCUT2D eigenvalue weighted by atomic mass is 9.98. The first-order valence-electron chi connectivity index (χ1n) is 8.31. The number of hydrogen-bond donors (Lipinski definition) is 1. The summed E-state index contributed by atoms with van der Waals surface area (Å²) in [5, 5.41) is 2.87. The number of piperidine rings is 1. The number of nitrogens with zero attached hydrogens (tertiary/aromatic N) is 1. The molecule has 1 fully saturated rings. The van der Waals surface area contributed by atoms with Gasteiger partial charge in [0.25, 0.3) is 0 Å². The molecular weight excluding hydrogens is 360 g/mol. The minimum Gasteiger partial charge on any atom is -0.493 e. The monoisotopic (exact) mass is 386 g/mol. The van der Waals surface area contributed by atoms with Crippen molar-refractivity contribution in [2.24, 2.45) is 5.92 Å². The number of sulfonamides is 1. The van der Waals surface area contributed by atoms with E-state index < -0.39 is 10.0 Å². The van der Waals surface area contributed by atoms with Crippen molar-refractivity contribution >= 4 is 15.9 Å². The molecule has 0 saturated carbocycles. The number of carbonyl (C=O) groups is 1. The molecule has 1 atom stereocenters. The zero-order valence-electron chi connectivity index (χ0n) is 15.6. The predicted octanol–water partition coefficient (Wildman–Crippen LogP) is 1.00. The van der Waals surface area contributed by atoms with E-state index in [4.69, 9.17) is 14.2 Å². The molecule has 26 heavy (non-hydrogen) atoms. The second kappa shape index (κ2) is 8.59. The van der Waals surface area contributed by atoms with Gasteiger partial charge in [-0.25, -0.2) is 12.7 Å². The summed E-state index contributed by atoms with van der Waals surface area (Å²) in [6, 6.07) is 3.54. The van der Waals surface area contributed by atoms with Crippen molar-refractivity contribution in [2.75, 3.05) is 40.7 Å². The first kappa shape index (κ1) is 20.3. The number of amides is 1. The number of carbonyl (C=O) groups excluding carboxylic acids is 1. The maximum absolute atomic E-state index is 12.5. The summed E-state index contributed by atoms with van der Waals surface area (Å²) in [5.74, 6) is 1.00. The summed E-state index contributed by atoms with van der Waals surface area (Å²) < 4.78 is 40.6. The van der Waals surface area contributed by atoms with Crippen molar-refractivity contribution in [2.45, 2.75) is 19.4 Å². The third kappa shape index (κ3) is 4.79. The van der Waals surface area contributed by atoms with Crippen LogP contribution in [0, 0.1) is 5.92 Å². The molecule has 1 saturated heterocycles. The third-order valence-corrected chi connectivity index (χ3v) is 5.68. The fourth-order valence-electron chi connectivity index (χ4n) is 3.03. The number of rotatable bonds is 7. The zero-order valence-corrected chi connectivity index (χ0v) is 16.4. The van der Waals surface area contributed by atoms with Crippen LogP contribution in [0.25, 0.3) is 0 Å². The van der Waals surface area contributed by atoms with Crippen LogP contribution in [0.1, 0.15) is 18.4 Å². The molecule has 0 spiro atoms. The van der Waals surface area contributed by atoms with Crippen molar-refractivity contribution in [3.63, 3.8) is 0 Å². The Morgan fingerprint density at radius 1 is 1.19 bits per heavy atom. The van der Waals surface area contributed by atoms with Crippen molar-refractivity contribution in [3.8, 4) is 17.2 Å². The van der Waals surface area contributed by atoms with Gasteiger partial charge in [0.05, 0.1) is 33.5 Å². The highest BCUT2D eigenvalue weighted by Gasteiger charge is 2.30. The van der Waals surface area contributed by atoms with Crippen molar-refractivity contribution in [1.29, 1.82) is 0 Å². The molecular formula is C17H26N2O6S. The SMILES string of the molecule is COc1cc(CNC(=O)C2CCCN(S(C)(=O)=O)C2)cc(OC)c1OC. The second-order valence-corrected chi connectivity index (χ2v) is 8.19. The molecule has 0 radical (unpaired) electrons. The molecule has 1 aromatic rings. The maximum atomic E-state index is 12.5. The standard InChI is InChI=1S/C17H26N2O6S/c1-23-14-8-12(9-15(24-2)16(14)25-3)10-18-17(20)13-6-5-7-19(11-13)26(4,21)22/h8-9,13H,5-7,10-11H2,1-4H3,(H,18,20). The van der Waals surface area contributed by atoms with E-state index in [1.165, 1.54) is 31.9 Å². The van der Waals surface area contributed by atoms with Crippen molar-refractivity contribution in [1.82, 2.24) is 9.62 Å². The number of hydrogen-bond acceptors (Lipinski definition) is 6. The average molecular weight is 386 g/mol. The van der Waals surface area contributed by atoms with Crippen molar-refractivity contribution < 1.29 is 27.4 Å². The Morgan fingerprint density at radius 2 is 1.81 bits per heavy atom. The quantitative estimate of drug-likeness (QED) is 0.751. The summed E-state index contributed by atoms with van der Waals surface area (Å²) in [5.41, 5.74) is 0.795. The van der Waals surface area contributed by atoms with E-state index in [0.29, 0.717) is 36.6 Å². The van der Waals surface area contributed by atoms with Gasteiger partial charge in [0.15, 0.2) is 11.5 Å². The van der Waals surface area contributed by atoms with Gasteiger partial charge in [0.2, 0.25) is 21.7 Å². The number of benzene rings is 1. The molecule has 2 rings (SSSR count). The molecule has 0 bridgehead atoms. The Kier molecular flexibility index (Phi) is 6.71. The fraction of sp³-hybridized carbons (Fsp3) is 0.588. The Bertz CT molecular complexity index is 725. The lowest BCUT2D eigenvalue weighted by molar-refractivity contribution is -0.126. The van der Waals surface area contributed by atoms with Gasteiger partial charge in [-0.2, -0.15) is 0 Å². The Hall–Kier alpha value is -2.00. The molecule has 0 aromatic heterocycles. The molecule has 1 aromatic carbocycles. The Labute approximate surface area is 154 Å². The van der Waals surface area contributed by atoms with Crippen LogP contribution in [-0.4, -0.2) is 59.3 Å². The van der Waals surface area contributed by atoms with Gasteiger partial charge < -0.3 is 19.5 Å². The van der Waals surface area contributed by atoms with Gasteiger partial charge >= 0.3 is 0 Å². The largest absolute Gasteiger partial charge is 0.493 e. The van der Waals surface area contributed by atoms with Crippen LogP contribution in [0.2, 0.25) is 0 Å². The highest BCUT2D eigenvalue weighted by atomic mass is 32.2. The highest BCUT2D eigenvalue weighted by Crippen LogP contribution is 2.38. The number of nitrogens with one attached hydrogen (secondary N) is 1. The smallest absolute Gasteiger partial charge is 0.224 e. The number of ether oxygens (including phenoxy) is 3. The third-order valence-electron chi connectivity index (χ3n) is 4.42. The lowest BCUT2D eigenvalue weighted by Gasteiger charge is -2.30. The van der Waals surface area contributed by atoms with Crippen LogP contribution < -0.4 is 19.5 Å². The minimum atomic E-state index is -3.28. The molecule has 1 aliphatic heterocycles. The van der Waals surface area contributed by atoms with E-state index in [1.807, 2.05) is 0 Å². The van der Waals surface area contributed by atoms with Gasteiger partial charge in [0, 0.05) is 19.6 Å². The Balaban J connectivity index is 2.05. The van der Waals surface area contributed by atoms with E-state index in [1.54, 1.807) is 12.1 Å². The van der Waals surface area contributed by atoms with Crippen molar-refractivity contribution in [3.05, 3.63) is 17.7 Å². The van der Waals surface area contributed by atoms with E-state index in [-0.39, 0.29) is 24.9 Å². The fourth-order valence-corrected chi connectivity index (χ4v) is 3.94. The van der Waals surface area contributed by atoms with Gasteiger partial charge in [0.1, 0.15) is 0 Å². The summed E-state index contributed by atoms with van der Waals surface area (Å²) in [6.45, 7) is 0.973. The summed E-state index contributed by atoms with van der Waals surface area (Å²) in [4.78, 5) is 12.5. The second-order valence-electron chi connectivity index (χ2n) is 6.21. The predicted molar refractivity (Wildman–Crippen MR) is 97.1 cm³/mol. The highest BCUT2D eigenvalue weighted by molar-refractivity contribution is 7.88. The van der Waals surface area contributed by atoms with Crippen LogP contribution in [0.15, 0.2) is 12.1 Å². The molecule has 9 heteroatoms. The zero-order chi connectivity index (χ0) is 19.3. The summed E-state index contributed by atoms with van der Waals surface area (Å²) in [6.07, 6.45) is 2.52. The van der Waals surface area contributed by atoms with Crippen LogP contribution in [-0.2, 0) is 21.4 Å². The normalized spacial score (nSPS) is 18.2. The number of methoxy groups -OCH3 is 3. The van der Waals surface area contributed by atoms with E-state index >= 15 is 0 Å². The summed E-state index contributed by atoms with van der Waals surface area (Å²) in [7, 11) is 1.31. The lowest BCUT2D eigenvalue weighted by Crippen LogP contribution is -2.44. The maximum Gasteiger partial charge on any atom is 0.224 e. The van der Waals surface area contributed by atoms with Gasteiger partial charge in [-0.3, -0.25) is 4.79 Å². The molecule has 146 valence electrons. The van der Waals surface area contributed by atoms with Crippen LogP contribution in [0.4, 0.5) is 0 Å². The van der Waals surface area contributed by atoms with Gasteiger partial charge in [-0.05, 0) is 30.5 Å². The topological polar surface area (TPSA) is 94.2 Å². The van der Waals surface area contributed by atoms with E-state index in [9.17, 15) is 13.2 Å². The van der Waals surface area contributed by atoms with Gasteiger partial charge in [-0.1, -0.05) is 0 Å².